The van der Waals surface area contributed by atoms with Gasteiger partial charge in [-0.05, 0) is 127 Å². The Morgan fingerprint density at radius 3 is 1.77 bits per heavy atom. The van der Waals surface area contributed by atoms with Gasteiger partial charge in [-0.1, -0.05) is 30.3 Å². The summed E-state index contributed by atoms with van der Waals surface area (Å²) in [7, 11) is -9.85. The second kappa shape index (κ2) is 17.2. The van der Waals surface area contributed by atoms with Gasteiger partial charge in [0.25, 0.3) is 20.2 Å². The van der Waals surface area contributed by atoms with Gasteiger partial charge < -0.3 is 19.2 Å². The number of ether oxygens (including phenoxy) is 2. The van der Waals surface area contributed by atoms with Crippen LogP contribution >= 0.6 is 0 Å². The number of aryl methyl sites for hydroxylation is 4. The van der Waals surface area contributed by atoms with Crippen molar-refractivity contribution in [3.8, 4) is 22.5 Å². The van der Waals surface area contributed by atoms with Crippen molar-refractivity contribution in [3.05, 3.63) is 105 Å². The van der Waals surface area contributed by atoms with Crippen LogP contribution in [0.2, 0.25) is 0 Å². The predicted octanol–water partition coefficient (Wildman–Crippen LogP) is 10.4. The fraction of sp³-hybridized carbons (Fsp3) is 0.267. The summed E-state index contributed by atoms with van der Waals surface area (Å²) in [5, 5.41) is 9.11. The lowest BCUT2D eigenvalue weighted by Gasteiger charge is -2.21. The van der Waals surface area contributed by atoms with E-state index < -0.39 is 48.3 Å². The average molecular weight is 885 g/mol. The van der Waals surface area contributed by atoms with Crippen LogP contribution in [0.4, 0.5) is 38.0 Å². The highest BCUT2D eigenvalue weighted by atomic mass is 32.2. The molecule has 0 saturated carbocycles. The number of nitrogens with one attached hydrogen (secondary N) is 3. The maximum atomic E-state index is 13.2. The van der Waals surface area contributed by atoms with Gasteiger partial charge in [0.1, 0.15) is 21.1 Å². The van der Waals surface area contributed by atoms with Crippen LogP contribution in [0.15, 0.2) is 85.9 Å². The van der Waals surface area contributed by atoms with E-state index in [9.17, 15) is 35.5 Å². The maximum Gasteiger partial charge on any atom is 0.411 e. The second-order valence-corrected chi connectivity index (χ2v) is 18.4. The number of carbonyl (C=O) groups is 2. The van der Waals surface area contributed by atoms with Crippen LogP contribution < -0.4 is 21.3 Å². The Morgan fingerprint density at radius 1 is 0.645 bits per heavy atom. The van der Waals surface area contributed by atoms with Crippen molar-refractivity contribution < 1.29 is 49.4 Å². The fourth-order valence-corrected chi connectivity index (χ4v) is 8.87. The second-order valence-electron chi connectivity index (χ2n) is 15.6. The minimum absolute atomic E-state index is 0.0240. The Labute approximate surface area is 360 Å². The van der Waals surface area contributed by atoms with Gasteiger partial charge in [-0.25, -0.2) is 14.6 Å². The quantitative estimate of drug-likeness (QED) is 0.0640. The topological polar surface area (TPSA) is 223 Å². The Balaban J connectivity index is 1.64. The molecule has 6 rings (SSSR count). The monoisotopic (exact) mass is 884 g/mol. The lowest BCUT2D eigenvalue weighted by Crippen LogP contribution is -2.19. The largest absolute Gasteiger partial charge is 0.456 e. The summed E-state index contributed by atoms with van der Waals surface area (Å²) in [5.74, 6) is 0.0417. The van der Waals surface area contributed by atoms with Gasteiger partial charge in [0.15, 0.2) is 0 Å². The van der Waals surface area contributed by atoms with Gasteiger partial charge in [0, 0.05) is 45.6 Å². The molecule has 0 atom stereocenters. The van der Waals surface area contributed by atoms with Gasteiger partial charge in [0.05, 0.1) is 34.6 Å². The van der Waals surface area contributed by atoms with Crippen LogP contribution in [-0.2, 0) is 29.7 Å². The molecule has 326 valence electrons. The molecule has 4 aromatic carbocycles. The summed E-state index contributed by atoms with van der Waals surface area (Å²) in [6.07, 6.45) is -2.02. The summed E-state index contributed by atoms with van der Waals surface area (Å²) in [6.45, 7) is 17.8. The third kappa shape index (κ3) is 9.45. The SMILES string of the molecule is Cc1cc(C)c(NC(=O)OC(C)C)c(C)c1N=c1cc2oc3cc(Nc4c(C)cc(C)c(NC(=O)OC(C)C)c4C)ccc3c(-c3ccccc3S(=O)(=O)O)c-2cc1S(=O)(=O)O. The summed E-state index contributed by atoms with van der Waals surface area (Å²) >= 11 is 0. The zero-order valence-electron chi connectivity index (χ0n) is 35.8. The first-order valence-electron chi connectivity index (χ1n) is 19.5. The van der Waals surface area contributed by atoms with E-state index in [4.69, 9.17) is 18.9 Å². The highest BCUT2D eigenvalue weighted by Crippen LogP contribution is 2.44. The molecule has 0 spiro atoms. The van der Waals surface area contributed by atoms with E-state index >= 15 is 0 Å². The van der Waals surface area contributed by atoms with Crippen molar-refractivity contribution in [2.75, 3.05) is 16.0 Å². The normalized spacial score (nSPS) is 12.3. The molecule has 1 heterocycles. The predicted molar refractivity (Wildman–Crippen MR) is 238 cm³/mol. The van der Waals surface area contributed by atoms with Gasteiger partial charge in [0.2, 0.25) is 0 Å². The zero-order valence-corrected chi connectivity index (χ0v) is 37.5. The first-order chi connectivity index (χ1) is 28.9. The molecule has 0 bridgehead atoms. The minimum Gasteiger partial charge on any atom is -0.456 e. The number of hydrogen-bond acceptors (Lipinski definition) is 11. The molecule has 2 amide bonds. The number of amides is 2. The number of anilines is 4. The number of carbonyl (C=O) groups excluding carboxylic acids is 2. The molecule has 17 heteroatoms. The van der Waals surface area contributed by atoms with Crippen LogP contribution in [0, 0.1) is 41.5 Å². The van der Waals surface area contributed by atoms with E-state index in [1.54, 1.807) is 78.8 Å². The molecular weight excluding hydrogens is 837 g/mol. The van der Waals surface area contributed by atoms with Crippen LogP contribution in [-0.4, -0.2) is 50.3 Å². The van der Waals surface area contributed by atoms with E-state index in [0.29, 0.717) is 50.5 Å². The first kappa shape index (κ1) is 45.3. The number of nitrogens with zero attached hydrogens (tertiary/aromatic N) is 1. The van der Waals surface area contributed by atoms with Gasteiger partial charge >= 0.3 is 12.2 Å². The Kier molecular flexibility index (Phi) is 12.6. The molecule has 0 saturated heterocycles. The third-order valence-corrected chi connectivity index (χ3v) is 11.9. The lowest BCUT2D eigenvalue weighted by molar-refractivity contribution is 0.129. The van der Waals surface area contributed by atoms with E-state index in [2.05, 4.69) is 16.0 Å². The highest BCUT2D eigenvalue weighted by molar-refractivity contribution is 7.86. The van der Waals surface area contributed by atoms with Crippen molar-refractivity contribution in [1.82, 2.24) is 0 Å². The third-order valence-electron chi connectivity index (χ3n) is 10.1. The van der Waals surface area contributed by atoms with Gasteiger partial charge in [-0.2, -0.15) is 16.8 Å². The smallest absolute Gasteiger partial charge is 0.411 e. The first-order valence-corrected chi connectivity index (χ1v) is 22.4. The van der Waals surface area contributed by atoms with Crippen LogP contribution in [0.1, 0.15) is 61.1 Å². The number of rotatable bonds is 10. The molecule has 1 aliphatic carbocycles. The molecule has 0 aromatic heterocycles. The molecular formula is C45H48N4O11S2. The van der Waals surface area contributed by atoms with Crippen LogP contribution in [0.5, 0.6) is 0 Å². The molecule has 4 aromatic rings. The summed E-state index contributed by atoms with van der Waals surface area (Å²) in [6, 6.07) is 16.8. The van der Waals surface area contributed by atoms with Gasteiger partial charge in [-0.15, -0.1) is 0 Å². The Morgan fingerprint density at radius 2 is 1.19 bits per heavy atom. The molecule has 1 aliphatic heterocycles. The fourth-order valence-electron chi connectivity index (χ4n) is 7.53. The molecule has 2 aliphatic rings. The maximum absolute atomic E-state index is 13.2. The Bertz CT molecular complexity index is 3070. The van der Waals surface area contributed by atoms with E-state index in [0.717, 1.165) is 22.8 Å². The van der Waals surface area contributed by atoms with Crippen molar-refractivity contribution in [2.45, 2.75) is 91.2 Å². The van der Waals surface area contributed by atoms with Gasteiger partial charge in [-0.3, -0.25) is 19.7 Å². The highest BCUT2D eigenvalue weighted by Gasteiger charge is 2.27. The van der Waals surface area contributed by atoms with Crippen molar-refractivity contribution >= 4 is 71.8 Å². The van der Waals surface area contributed by atoms with Crippen molar-refractivity contribution in [3.63, 3.8) is 0 Å². The Hall–Kier alpha value is -6.27. The van der Waals surface area contributed by atoms with Crippen molar-refractivity contribution in [1.29, 1.82) is 0 Å². The van der Waals surface area contributed by atoms with E-state index in [1.807, 2.05) is 26.8 Å². The molecule has 5 N–H and O–H groups in total. The molecule has 0 unspecified atom stereocenters. The average Bonchev–Trinajstić information content (AvgIpc) is 3.15. The lowest BCUT2D eigenvalue weighted by atomic mass is 9.93. The number of fused-ring (bicyclic) bond motifs is 2. The summed E-state index contributed by atoms with van der Waals surface area (Å²) < 4.78 is 90.2. The van der Waals surface area contributed by atoms with Crippen molar-refractivity contribution in [2.24, 2.45) is 4.99 Å². The standard InChI is InChI=1S/C45H48N4O11S2/c1-22(2)58-44(50)48-42-26(7)17-24(5)40(28(42)9)46-30-15-16-31-35(19-30)60-36-21-34(47-41-25(6)18-27(8)43(29(41)10)49-45(51)59-23(3)4)38(62(55,56)57)20-33(36)39(31)32-13-11-12-14-37(32)61(52,53)54/h11-23,46H,1-10H3,(H,48,50)(H,49,51)(H,52,53,54)(H,55,56,57). The summed E-state index contributed by atoms with van der Waals surface area (Å²) in [5.41, 5.74) is 7.15. The molecule has 62 heavy (non-hydrogen) atoms. The number of benzene rings is 5. The zero-order chi connectivity index (χ0) is 45.6. The molecule has 0 radical (unpaired) electrons. The minimum atomic E-state index is -5.02. The molecule has 15 nitrogen and oxygen atoms in total. The van der Waals surface area contributed by atoms with E-state index in [-0.39, 0.29) is 39.5 Å². The van der Waals surface area contributed by atoms with E-state index in [1.165, 1.54) is 24.3 Å². The van der Waals surface area contributed by atoms with Crippen LogP contribution in [0.25, 0.3) is 33.4 Å². The van der Waals surface area contributed by atoms with Crippen LogP contribution in [0.3, 0.4) is 0 Å². The summed E-state index contributed by atoms with van der Waals surface area (Å²) in [4.78, 5) is 28.9. The molecule has 0 fully saturated rings. The number of hydrogen-bond donors (Lipinski definition) is 5.